The van der Waals surface area contributed by atoms with E-state index < -0.39 is 35.0 Å². The van der Waals surface area contributed by atoms with E-state index in [1.54, 1.807) is 32.0 Å². The molecule has 3 aromatic rings. The molecule has 4 N–H and O–H groups in total. The molecule has 4 nitrogen and oxygen atoms in total. The second-order valence-electron chi connectivity index (χ2n) is 10.4. The van der Waals surface area contributed by atoms with Gasteiger partial charge in [-0.25, -0.2) is 0 Å². The fourth-order valence-corrected chi connectivity index (χ4v) is 4.76. The third-order valence-corrected chi connectivity index (χ3v) is 6.59. The Bertz CT molecular complexity index is 1500. The van der Waals surface area contributed by atoms with E-state index in [-0.39, 0.29) is 28.6 Å². The van der Waals surface area contributed by atoms with Crippen LogP contribution < -0.4 is 20.9 Å². The molecule has 0 heterocycles. The van der Waals surface area contributed by atoms with Crippen LogP contribution in [-0.4, -0.2) is 6.10 Å². The Kier molecular flexibility index (Phi) is 7.34. The quantitative estimate of drug-likeness (QED) is 0.241. The van der Waals surface area contributed by atoms with Crippen molar-refractivity contribution in [2.45, 2.75) is 46.2 Å². The summed E-state index contributed by atoms with van der Waals surface area (Å²) in [5.74, 6) is -0.450. The van der Waals surface area contributed by atoms with Crippen molar-refractivity contribution in [3.8, 4) is 17.2 Å². The monoisotopic (exact) mass is 562 g/mol. The lowest BCUT2D eigenvalue weighted by Crippen LogP contribution is -2.36. The predicted molar refractivity (Wildman–Crippen MR) is 143 cm³/mol. The third-order valence-electron chi connectivity index (χ3n) is 6.59. The van der Waals surface area contributed by atoms with Gasteiger partial charge in [0.25, 0.3) is 0 Å². The van der Waals surface area contributed by atoms with Crippen LogP contribution in [0.25, 0.3) is 5.57 Å². The zero-order chi connectivity index (χ0) is 29.6. The normalized spacial score (nSPS) is 17.2. The van der Waals surface area contributed by atoms with E-state index in [1.807, 2.05) is 26.0 Å². The Morgan fingerprint density at radius 2 is 1.25 bits per heavy atom. The van der Waals surface area contributed by atoms with Gasteiger partial charge in [0, 0.05) is 16.8 Å². The number of hydrogen-bond donors (Lipinski definition) is 2. The van der Waals surface area contributed by atoms with Gasteiger partial charge in [-0.05, 0) is 84.7 Å². The molecule has 4 rings (SSSR count). The molecular formula is C30H28F6N2O2. The maximum atomic E-state index is 13.6. The first-order valence-corrected chi connectivity index (χ1v) is 12.3. The zero-order valence-electron chi connectivity index (χ0n) is 22.2. The minimum absolute atomic E-state index is 0.0224. The standard InChI is InChI=1S/C30H28F6N2O2/c1-16-11-18(5-8-24(16)39-25-9-6-20(37)13-22(25)29(31,32)33)19-12-17(2)27(28(3,4)15-19)40-26-10-7-21(38)14-23(26)30(34,35)36/h5-15,27H,37-38H2,1-4H3. The fraction of sp³-hybridized carbons (Fsp3) is 0.267. The summed E-state index contributed by atoms with van der Waals surface area (Å²) in [4.78, 5) is 0. The Balaban J connectivity index is 1.62. The number of hydrogen-bond acceptors (Lipinski definition) is 4. The van der Waals surface area contributed by atoms with Crippen molar-refractivity contribution in [2.75, 3.05) is 11.5 Å². The lowest BCUT2D eigenvalue weighted by molar-refractivity contribution is -0.140. The van der Waals surface area contributed by atoms with E-state index in [1.165, 1.54) is 24.3 Å². The third kappa shape index (κ3) is 6.05. The average Bonchev–Trinajstić information content (AvgIpc) is 2.82. The number of allylic oxidation sites excluding steroid dienone is 2. The minimum atomic E-state index is -4.65. The summed E-state index contributed by atoms with van der Waals surface area (Å²) in [5, 5.41) is 0. The molecule has 0 saturated heterocycles. The highest BCUT2D eigenvalue weighted by Crippen LogP contribution is 2.44. The van der Waals surface area contributed by atoms with Gasteiger partial charge in [-0.2, -0.15) is 26.3 Å². The molecule has 1 aliphatic carbocycles. The fourth-order valence-electron chi connectivity index (χ4n) is 4.76. The Morgan fingerprint density at radius 1 is 0.725 bits per heavy atom. The summed E-state index contributed by atoms with van der Waals surface area (Å²) in [5.41, 5.74) is 11.2. The summed E-state index contributed by atoms with van der Waals surface area (Å²) in [6.07, 6.45) is -6.28. The Morgan fingerprint density at radius 3 is 1.77 bits per heavy atom. The smallest absolute Gasteiger partial charge is 0.420 e. The van der Waals surface area contributed by atoms with Crippen molar-refractivity contribution in [3.63, 3.8) is 0 Å². The number of ether oxygens (including phenoxy) is 2. The van der Waals surface area contributed by atoms with Crippen molar-refractivity contribution in [3.05, 3.63) is 94.6 Å². The van der Waals surface area contributed by atoms with Crippen molar-refractivity contribution < 1.29 is 35.8 Å². The first-order chi connectivity index (χ1) is 18.5. The molecule has 0 spiro atoms. The van der Waals surface area contributed by atoms with Gasteiger partial charge in [-0.15, -0.1) is 0 Å². The number of halogens is 6. The highest BCUT2D eigenvalue weighted by molar-refractivity contribution is 5.78. The molecule has 212 valence electrons. The second kappa shape index (κ2) is 10.1. The molecule has 0 amide bonds. The van der Waals surface area contributed by atoms with E-state index in [0.717, 1.165) is 23.3 Å². The molecular weight excluding hydrogens is 534 g/mol. The predicted octanol–water partition coefficient (Wildman–Crippen LogP) is 8.81. The van der Waals surface area contributed by atoms with Crippen LogP contribution in [0.2, 0.25) is 0 Å². The second-order valence-corrected chi connectivity index (χ2v) is 10.4. The first-order valence-electron chi connectivity index (χ1n) is 12.3. The van der Waals surface area contributed by atoms with Gasteiger partial charge in [-0.3, -0.25) is 0 Å². The van der Waals surface area contributed by atoms with Gasteiger partial charge in [0.1, 0.15) is 28.9 Å². The molecule has 3 aromatic carbocycles. The minimum Gasteiger partial charge on any atom is -0.485 e. The van der Waals surface area contributed by atoms with Crippen molar-refractivity contribution in [1.29, 1.82) is 0 Å². The van der Waals surface area contributed by atoms with E-state index in [2.05, 4.69) is 0 Å². The molecule has 0 aliphatic heterocycles. The van der Waals surface area contributed by atoms with Crippen LogP contribution in [0.3, 0.4) is 0 Å². The van der Waals surface area contributed by atoms with Crippen molar-refractivity contribution in [1.82, 2.24) is 0 Å². The molecule has 0 aromatic heterocycles. The molecule has 0 saturated carbocycles. The van der Waals surface area contributed by atoms with Crippen molar-refractivity contribution in [2.24, 2.45) is 5.41 Å². The number of nitrogens with two attached hydrogens (primary N) is 2. The van der Waals surface area contributed by atoms with Crippen LogP contribution in [0.1, 0.15) is 43.0 Å². The zero-order valence-corrected chi connectivity index (χ0v) is 22.2. The van der Waals surface area contributed by atoms with Crippen LogP contribution in [0.4, 0.5) is 37.7 Å². The summed E-state index contributed by atoms with van der Waals surface area (Å²) < 4.78 is 92.9. The molecule has 1 unspecified atom stereocenters. The number of benzene rings is 3. The maximum Gasteiger partial charge on any atom is 0.420 e. The number of alkyl halides is 6. The number of anilines is 2. The van der Waals surface area contributed by atoms with Gasteiger partial charge in [0.2, 0.25) is 0 Å². The highest BCUT2D eigenvalue weighted by atomic mass is 19.4. The molecule has 40 heavy (non-hydrogen) atoms. The van der Waals surface area contributed by atoms with Gasteiger partial charge < -0.3 is 20.9 Å². The average molecular weight is 563 g/mol. The Labute approximate surface area is 227 Å². The van der Waals surface area contributed by atoms with Crippen LogP contribution in [0.15, 0.2) is 72.3 Å². The van der Waals surface area contributed by atoms with Crippen molar-refractivity contribution >= 4 is 16.9 Å². The van der Waals surface area contributed by atoms with Gasteiger partial charge in [0.05, 0.1) is 5.56 Å². The summed E-state index contributed by atoms with van der Waals surface area (Å²) in [6, 6.07) is 11.8. The lowest BCUT2D eigenvalue weighted by Gasteiger charge is -2.37. The van der Waals surface area contributed by atoms with Crippen LogP contribution >= 0.6 is 0 Å². The summed E-state index contributed by atoms with van der Waals surface area (Å²) in [6.45, 7) is 7.18. The lowest BCUT2D eigenvalue weighted by atomic mass is 9.75. The first kappa shape index (κ1) is 28.9. The highest BCUT2D eigenvalue weighted by Gasteiger charge is 2.39. The van der Waals surface area contributed by atoms with E-state index in [4.69, 9.17) is 20.9 Å². The summed E-state index contributed by atoms with van der Waals surface area (Å²) >= 11 is 0. The number of rotatable bonds is 5. The van der Waals surface area contributed by atoms with E-state index >= 15 is 0 Å². The van der Waals surface area contributed by atoms with Gasteiger partial charge in [-0.1, -0.05) is 32.1 Å². The molecule has 0 fully saturated rings. The van der Waals surface area contributed by atoms with Crippen LogP contribution in [0, 0.1) is 12.3 Å². The van der Waals surface area contributed by atoms with Gasteiger partial charge in [0.15, 0.2) is 0 Å². The SMILES string of the molecule is CC1=CC(c2ccc(Oc3ccc(N)cc3C(F)(F)F)c(C)c2)=CC(C)(C)C1Oc1ccc(N)cc1C(F)(F)F. The van der Waals surface area contributed by atoms with E-state index in [0.29, 0.717) is 11.1 Å². The van der Waals surface area contributed by atoms with Crippen LogP contribution in [-0.2, 0) is 12.4 Å². The largest absolute Gasteiger partial charge is 0.485 e. The molecule has 0 bridgehead atoms. The molecule has 10 heteroatoms. The molecule has 1 aliphatic rings. The maximum absolute atomic E-state index is 13.6. The topological polar surface area (TPSA) is 70.5 Å². The molecule has 1 atom stereocenters. The Hall–Kier alpha value is -4.08. The van der Waals surface area contributed by atoms with E-state index in [9.17, 15) is 26.3 Å². The molecule has 0 radical (unpaired) electrons. The summed E-state index contributed by atoms with van der Waals surface area (Å²) in [7, 11) is 0. The van der Waals surface area contributed by atoms with Crippen LogP contribution in [0.5, 0.6) is 17.2 Å². The number of aryl methyl sites for hydroxylation is 1. The van der Waals surface area contributed by atoms with Gasteiger partial charge >= 0.3 is 12.4 Å². The number of nitrogen functional groups attached to an aromatic ring is 2.